The van der Waals surface area contributed by atoms with Crippen LogP contribution < -0.4 is 0 Å². The van der Waals surface area contributed by atoms with Crippen LogP contribution in [-0.2, 0) is 5.41 Å². The number of carbonyl (C=O) groups is 1. The minimum atomic E-state index is -0.862. The molecule has 1 N–H and O–H groups in total. The van der Waals surface area contributed by atoms with E-state index in [1.54, 1.807) is 6.07 Å². The number of carboxylic acid groups (broad SMARTS) is 1. The first kappa shape index (κ1) is 26.2. The van der Waals surface area contributed by atoms with Crippen LogP contribution >= 0.6 is 0 Å². The fourth-order valence-corrected chi connectivity index (χ4v) is 5.98. The average Bonchev–Trinajstić information content (AvgIpc) is 2.71. The fraction of sp³-hybridized carbons (Fsp3) is 0.567. The van der Waals surface area contributed by atoms with Gasteiger partial charge in [0.05, 0.1) is 5.56 Å². The summed E-state index contributed by atoms with van der Waals surface area (Å²) in [6.45, 7) is 22.7. The maximum atomic E-state index is 12.3. The van der Waals surface area contributed by atoms with Gasteiger partial charge in [0.15, 0.2) is 0 Å². The summed E-state index contributed by atoms with van der Waals surface area (Å²) in [4.78, 5) is 12.3. The minimum absolute atomic E-state index is 0.0689. The highest BCUT2D eigenvalue weighted by Crippen LogP contribution is 2.52. The summed E-state index contributed by atoms with van der Waals surface area (Å²) in [6.07, 6.45) is 8.87. The molecule has 0 bridgehead atoms. The highest BCUT2D eigenvalue weighted by molar-refractivity contribution is 5.90. The van der Waals surface area contributed by atoms with E-state index < -0.39 is 11.4 Å². The number of hydrogen-bond donors (Lipinski definition) is 1. The minimum Gasteiger partial charge on any atom is -0.478 e. The van der Waals surface area contributed by atoms with E-state index in [9.17, 15) is 9.90 Å². The lowest BCUT2D eigenvalue weighted by Gasteiger charge is -2.47. The fourth-order valence-electron chi connectivity index (χ4n) is 5.98. The van der Waals surface area contributed by atoms with E-state index in [0.717, 1.165) is 31.2 Å². The van der Waals surface area contributed by atoms with Crippen LogP contribution in [0.5, 0.6) is 0 Å². The predicted octanol–water partition coefficient (Wildman–Crippen LogP) is 8.60. The molecule has 1 aromatic carbocycles. The zero-order valence-corrected chi connectivity index (χ0v) is 21.6. The molecular formula is C30H44O2. The monoisotopic (exact) mass is 436 g/mol. The van der Waals surface area contributed by atoms with Crippen molar-refractivity contribution in [1.82, 2.24) is 0 Å². The number of aromatic carboxylic acids is 1. The van der Waals surface area contributed by atoms with Gasteiger partial charge in [0.2, 0.25) is 0 Å². The van der Waals surface area contributed by atoms with E-state index in [-0.39, 0.29) is 5.41 Å². The van der Waals surface area contributed by atoms with Gasteiger partial charge >= 0.3 is 5.97 Å². The third kappa shape index (κ3) is 5.45. The van der Waals surface area contributed by atoms with Crippen molar-refractivity contribution in [3.8, 4) is 0 Å². The lowest BCUT2D eigenvalue weighted by atomic mass is 9.57. The van der Waals surface area contributed by atoms with Gasteiger partial charge in [-0.15, -0.1) is 0 Å². The Morgan fingerprint density at radius 2 is 1.91 bits per heavy atom. The number of benzene rings is 1. The zero-order chi connectivity index (χ0) is 24.3. The molecule has 2 nitrogen and oxygen atoms in total. The lowest BCUT2D eigenvalue weighted by Crippen LogP contribution is -2.39. The van der Waals surface area contributed by atoms with Gasteiger partial charge in [0, 0.05) is 5.41 Å². The van der Waals surface area contributed by atoms with Gasteiger partial charge in [0.25, 0.3) is 0 Å². The van der Waals surface area contributed by atoms with Gasteiger partial charge < -0.3 is 5.11 Å². The Balaban J connectivity index is 2.71. The van der Waals surface area contributed by atoms with Crippen molar-refractivity contribution in [2.75, 3.05) is 0 Å². The van der Waals surface area contributed by atoms with E-state index >= 15 is 0 Å². The smallest absolute Gasteiger partial charge is 0.335 e. The van der Waals surface area contributed by atoms with Crippen LogP contribution in [0.3, 0.4) is 0 Å². The van der Waals surface area contributed by atoms with Crippen LogP contribution in [0, 0.1) is 23.2 Å². The van der Waals surface area contributed by atoms with Crippen molar-refractivity contribution >= 4 is 5.97 Å². The van der Waals surface area contributed by atoms with Crippen molar-refractivity contribution in [1.29, 1.82) is 0 Å². The van der Waals surface area contributed by atoms with Gasteiger partial charge in [-0.1, -0.05) is 94.7 Å². The SMILES string of the molecule is C=C(C1CCC(C)=CC1C)C(C)(CC(C)(C=C(C)C)C(C)CC)c1ccccc1C(=O)O. The third-order valence-corrected chi connectivity index (χ3v) is 8.03. The molecule has 2 heteroatoms. The zero-order valence-electron chi connectivity index (χ0n) is 21.6. The molecule has 0 aliphatic heterocycles. The van der Waals surface area contributed by atoms with Crippen molar-refractivity contribution in [2.24, 2.45) is 23.2 Å². The van der Waals surface area contributed by atoms with Crippen LogP contribution in [0.15, 0.2) is 59.7 Å². The predicted molar refractivity (Wildman–Crippen MR) is 137 cm³/mol. The Morgan fingerprint density at radius 3 is 2.44 bits per heavy atom. The molecule has 5 atom stereocenters. The van der Waals surface area contributed by atoms with Crippen LogP contribution in [0.25, 0.3) is 0 Å². The number of allylic oxidation sites excluding steroid dienone is 5. The molecule has 2 rings (SSSR count). The first-order valence-electron chi connectivity index (χ1n) is 12.2. The standard InChI is InChI=1S/C30H44O2/c1-10-23(6)29(8,18-20(2)3)19-30(9,27-14-12-11-13-26(27)28(31)32)24(7)25-16-15-21(4)17-22(25)5/h11-14,17-18,22-23,25H,7,10,15-16,19H2,1-6,8-9H3,(H,31,32). The molecule has 0 heterocycles. The lowest BCUT2D eigenvalue weighted by molar-refractivity contribution is 0.0692. The molecule has 1 aliphatic carbocycles. The summed E-state index contributed by atoms with van der Waals surface area (Å²) < 4.78 is 0. The highest BCUT2D eigenvalue weighted by Gasteiger charge is 2.44. The van der Waals surface area contributed by atoms with Gasteiger partial charge in [-0.2, -0.15) is 0 Å². The largest absolute Gasteiger partial charge is 0.478 e. The van der Waals surface area contributed by atoms with Crippen molar-refractivity contribution in [3.63, 3.8) is 0 Å². The molecular weight excluding hydrogens is 392 g/mol. The topological polar surface area (TPSA) is 37.3 Å². The second-order valence-electron chi connectivity index (χ2n) is 10.9. The number of hydrogen-bond acceptors (Lipinski definition) is 1. The van der Waals surface area contributed by atoms with Crippen LogP contribution in [0.4, 0.5) is 0 Å². The Kier molecular flexibility index (Phi) is 8.37. The number of carboxylic acids is 1. The highest BCUT2D eigenvalue weighted by atomic mass is 16.4. The first-order valence-corrected chi connectivity index (χ1v) is 12.2. The summed E-state index contributed by atoms with van der Waals surface area (Å²) in [5.74, 6) is 0.358. The Bertz CT molecular complexity index is 901. The van der Waals surface area contributed by atoms with E-state index in [0.29, 0.717) is 23.3 Å². The summed E-state index contributed by atoms with van der Waals surface area (Å²) >= 11 is 0. The van der Waals surface area contributed by atoms with Crippen molar-refractivity contribution in [3.05, 3.63) is 70.8 Å². The van der Waals surface area contributed by atoms with Gasteiger partial charge in [-0.25, -0.2) is 4.79 Å². The number of rotatable bonds is 9. The van der Waals surface area contributed by atoms with Gasteiger partial charge in [-0.3, -0.25) is 0 Å². The van der Waals surface area contributed by atoms with E-state index in [1.807, 2.05) is 18.2 Å². The molecule has 176 valence electrons. The molecule has 0 amide bonds. The summed E-state index contributed by atoms with van der Waals surface area (Å²) in [5, 5.41) is 10.1. The maximum absolute atomic E-state index is 12.3. The molecule has 0 radical (unpaired) electrons. The van der Waals surface area contributed by atoms with Crippen molar-refractivity contribution in [2.45, 2.75) is 86.5 Å². The summed E-state index contributed by atoms with van der Waals surface area (Å²) in [7, 11) is 0. The average molecular weight is 437 g/mol. The molecule has 1 aromatic rings. The molecule has 0 saturated carbocycles. The first-order chi connectivity index (χ1) is 14.9. The van der Waals surface area contributed by atoms with Gasteiger partial charge in [0.1, 0.15) is 0 Å². The van der Waals surface area contributed by atoms with Gasteiger partial charge in [-0.05, 0) is 74.8 Å². The van der Waals surface area contributed by atoms with E-state index in [1.165, 1.54) is 16.7 Å². The van der Waals surface area contributed by atoms with E-state index in [2.05, 4.69) is 67.5 Å². The molecule has 32 heavy (non-hydrogen) atoms. The molecule has 0 saturated heterocycles. The molecule has 0 spiro atoms. The molecule has 1 aliphatic rings. The second kappa shape index (κ2) is 10.2. The molecule has 5 unspecified atom stereocenters. The van der Waals surface area contributed by atoms with Crippen molar-refractivity contribution < 1.29 is 9.90 Å². The normalized spacial score (nSPS) is 23.3. The molecule has 0 fully saturated rings. The van der Waals surface area contributed by atoms with E-state index in [4.69, 9.17) is 6.58 Å². The quantitative estimate of drug-likeness (QED) is 0.393. The Morgan fingerprint density at radius 1 is 1.28 bits per heavy atom. The van der Waals surface area contributed by atoms with Crippen LogP contribution in [-0.4, -0.2) is 11.1 Å². The van der Waals surface area contributed by atoms with Crippen LogP contribution in [0.1, 0.15) is 97.0 Å². The van der Waals surface area contributed by atoms with Crippen LogP contribution in [0.2, 0.25) is 0 Å². The second-order valence-corrected chi connectivity index (χ2v) is 10.9. The summed E-state index contributed by atoms with van der Waals surface area (Å²) in [6, 6.07) is 7.57. The maximum Gasteiger partial charge on any atom is 0.335 e. The Labute approximate surface area is 196 Å². The summed E-state index contributed by atoms with van der Waals surface area (Å²) in [5.41, 5.74) is 4.71. The molecule has 0 aromatic heterocycles. The third-order valence-electron chi connectivity index (χ3n) is 8.03. The Hall–Kier alpha value is -2.09.